The van der Waals surface area contributed by atoms with Crippen LogP contribution in [0.2, 0.25) is 0 Å². The molecule has 0 fully saturated rings. The summed E-state index contributed by atoms with van der Waals surface area (Å²) in [6.45, 7) is 4.25. The van der Waals surface area contributed by atoms with E-state index in [1.165, 1.54) is 24.7 Å². The Morgan fingerprint density at radius 3 is 2.89 bits per heavy atom. The zero-order valence-electron chi connectivity index (χ0n) is 11.1. The van der Waals surface area contributed by atoms with Gasteiger partial charge in [0.2, 0.25) is 5.13 Å². The van der Waals surface area contributed by atoms with Crippen LogP contribution in [-0.4, -0.2) is 16.5 Å². The predicted octanol–water partition coefficient (Wildman–Crippen LogP) is 3.63. The maximum absolute atomic E-state index is 13.3. The molecule has 0 saturated heterocycles. The van der Waals surface area contributed by atoms with E-state index in [0.717, 1.165) is 17.9 Å². The molecule has 0 aliphatic heterocycles. The van der Waals surface area contributed by atoms with Gasteiger partial charge in [0.15, 0.2) is 11.6 Å². The second-order valence-corrected chi connectivity index (χ2v) is 5.34. The molecule has 0 aliphatic carbocycles. The molecule has 0 unspecified atom stereocenters. The maximum atomic E-state index is 13.3. The highest BCUT2D eigenvalue weighted by atomic mass is 32.1. The van der Waals surface area contributed by atoms with Crippen LogP contribution < -0.4 is 10.1 Å². The number of nitrogens with one attached hydrogen (secondary N) is 1. The molecule has 19 heavy (non-hydrogen) atoms. The van der Waals surface area contributed by atoms with E-state index in [4.69, 9.17) is 4.74 Å². The molecule has 1 aromatic heterocycles. The largest absolute Gasteiger partial charge is 0.494 e. The van der Waals surface area contributed by atoms with Gasteiger partial charge >= 0.3 is 0 Å². The minimum atomic E-state index is -0.384. The highest BCUT2D eigenvalue weighted by Crippen LogP contribution is 2.25. The Morgan fingerprint density at radius 2 is 2.21 bits per heavy atom. The van der Waals surface area contributed by atoms with E-state index in [9.17, 15) is 4.39 Å². The minimum Gasteiger partial charge on any atom is -0.494 e. The van der Waals surface area contributed by atoms with Crippen LogP contribution in [-0.2, 0) is 6.42 Å². The number of hydrogen-bond acceptors (Lipinski definition) is 5. The molecule has 0 radical (unpaired) electrons. The van der Waals surface area contributed by atoms with Gasteiger partial charge in [-0.3, -0.25) is 0 Å². The molecule has 4 nitrogen and oxygen atoms in total. The first kappa shape index (κ1) is 13.7. The van der Waals surface area contributed by atoms with Crippen molar-refractivity contribution >= 4 is 22.4 Å². The summed E-state index contributed by atoms with van der Waals surface area (Å²) in [5.41, 5.74) is 0.727. The van der Waals surface area contributed by atoms with Crippen LogP contribution in [0.15, 0.2) is 18.2 Å². The van der Waals surface area contributed by atoms with Crippen molar-refractivity contribution in [2.75, 3.05) is 12.4 Å². The molecule has 0 amide bonds. The summed E-state index contributed by atoms with van der Waals surface area (Å²) in [6.07, 6.45) is 0.852. The molecule has 6 heteroatoms. The fourth-order valence-electron chi connectivity index (χ4n) is 1.61. The summed E-state index contributed by atoms with van der Waals surface area (Å²) < 4.78 is 22.5. The Labute approximate surface area is 115 Å². The average molecular weight is 281 g/mol. The molecular weight excluding hydrogens is 265 g/mol. The van der Waals surface area contributed by atoms with Gasteiger partial charge in [-0.15, -0.1) is 0 Å². The number of aromatic nitrogens is 2. The molecule has 2 aromatic rings. The van der Waals surface area contributed by atoms with E-state index in [1.807, 2.05) is 0 Å². The van der Waals surface area contributed by atoms with Crippen LogP contribution in [0.5, 0.6) is 5.75 Å². The molecular formula is C13H16FN3OS. The number of benzene rings is 1. The Bertz CT molecular complexity index is 557. The normalized spacial score (nSPS) is 10.8. The number of ether oxygens (including phenoxy) is 1. The molecule has 0 spiro atoms. The number of rotatable bonds is 5. The average Bonchev–Trinajstić information content (AvgIpc) is 2.78. The summed E-state index contributed by atoms with van der Waals surface area (Å²) in [4.78, 5) is 4.39. The lowest BCUT2D eigenvalue weighted by Crippen LogP contribution is -1.97. The van der Waals surface area contributed by atoms with Gasteiger partial charge in [-0.2, -0.15) is 4.37 Å². The standard InChI is InChI=1S/C13H16FN3OS/c1-8(2)6-12-16-13(19-17-12)15-9-4-5-10(14)11(7-9)18-3/h4-5,7-8H,6H2,1-3H3,(H,15,16,17). The zero-order chi connectivity index (χ0) is 13.8. The third-order valence-corrected chi connectivity index (χ3v) is 3.13. The first-order valence-corrected chi connectivity index (χ1v) is 6.79. The van der Waals surface area contributed by atoms with Crippen molar-refractivity contribution in [3.05, 3.63) is 29.8 Å². The highest BCUT2D eigenvalue weighted by Gasteiger charge is 2.08. The third kappa shape index (κ3) is 3.64. The van der Waals surface area contributed by atoms with Gasteiger partial charge in [-0.05, 0) is 18.1 Å². The van der Waals surface area contributed by atoms with Crippen LogP contribution in [0, 0.1) is 11.7 Å². The monoisotopic (exact) mass is 281 g/mol. The van der Waals surface area contributed by atoms with E-state index in [2.05, 4.69) is 28.5 Å². The van der Waals surface area contributed by atoms with E-state index in [0.29, 0.717) is 11.0 Å². The first-order chi connectivity index (χ1) is 9.08. The SMILES string of the molecule is COc1cc(Nc2nc(CC(C)C)ns2)ccc1F. The summed E-state index contributed by atoms with van der Waals surface area (Å²) in [6, 6.07) is 4.59. The lowest BCUT2D eigenvalue weighted by molar-refractivity contribution is 0.387. The number of hydrogen-bond donors (Lipinski definition) is 1. The van der Waals surface area contributed by atoms with Crippen LogP contribution in [0.25, 0.3) is 0 Å². The van der Waals surface area contributed by atoms with Crippen molar-refractivity contribution in [1.82, 2.24) is 9.36 Å². The highest BCUT2D eigenvalue weighted by molar-refractivity contribution is 7.09. The smallest absolute Gasteiger partial charge is 0.207 e. The van der Waals surface area contributed by atoms with E-state index < -0.39 is 0 Å². The Morgan fingerprint density at radius 1 is 1.42 bits per heavy atom. The van der Waals surface area contributed by atoms with Crippen LogP contribution in [0.1, 0.15) is 19.7 Å². The minimum absolute atomic E-state index is 0.205. The van der Waals surface area contributed by atoms with E-state index in [-0.39, 0.29) is 11.6 Å². The van der Waals surface area contributed by atoms with Gasteiger partial charge in [0.1, 0.15) is 5.82 Å². The van der Waals surface area contributed by atoms with Gasteiger partial charge in [0.25, 0.3) is 0 Å². The number of nitrogens with zero attached hydrogens (tertiary/aromatic N) is 2. The molecule has 0 saturated carbocycles. The van der Waals surface area contributed by atoms with Gasteiger partial charge < -0.3 is 10.1 Å². The van der Waals surface area contributed by atoms with Gasteiger partial charge in [0, 0.05) is 29.7 Å². The quantitative estimate of drug-likeness (QED) is 0.909. The van der Waals surface area contributed by atoms with Crippen molar-refractivity contribution in [2.24, 2.45) is 5.92 Å². The van der Waals surface area contributed by atoms with Crippen LogP contribution >= 0.6 is 11.5 Å². The predicted molar refractivity (Wildman–Crippen MR) is 74.7 cm³/mol. The lowest BCUT2D eigenvalue weighted by atomic mass is 10.1. The van der Waals surface area contributed by atoms with Crippen LogP contribution in [0.3, 0.4) is 0 Å². The molecule has 0 aliphatic rings. The third-order valence-electron chi connectivity index (χ3n) is 2.46. The lowest BCUT2D eigenvalue weighted by Gasteiger charge is -2.05. The van der Waals surface area contributed by atoms with Gasteiger partial charge in [-0.1, -0.05) is 13.8 Å². The first-order valence-electron chi connectivity index (χ1n) is 6.01. The number of anilines is 2. The molecule has 1 N–H and O–H groups in total. The topological polar surface area (TPSA) is 47.0 Å². The second-order valence-electron chi connectivity index (χ2n) is 4.59. The zero-order valence-corrected chi connectivity index (χ0v) is 11.9. The Kier molecular flexibility index (Phi) is 4.31. The Hall–Kier alpha value is -1.69. The van der Waals surface area contributed by atoms with Crippen molar-refractivity contribution in [1.29, 1.82) is 0 Å². The molecule has 1 heterocycles. The number of methoxy groups -OCH3 is 1. The van der Waals surface area contributed by atoms with E-state index in [1.54, 1.807) is 12.1 Å². The van der Waals surface area contributed by atoms with Crippen molar-refractivity contribution in [3.8, 4) is 5.75 Å². The van der Waals surface area contributed by atoms with Crippen molar-refractivity contribution in [2.45, 2.75) is 20.3 Å². The summed E-state index contributed by atoms with van der Waals surface area (Å²) >= 11 is 1.30. The number of halogens is 1. The summed E-state index contributed by atoms with van der Waals surface area (Å²) in [5.74, 6) is 1.17. The van der Waals surface area contributed by atoms with Crippen molar-refractivity contribution in [3.63, 3.8) is 0 Å². The second kappa shape index (κ2) is 5.97. The summed E-state index contributed by atoms with van der Waals surface area (Å²) in [5, 5.41) is 3.80. The molecule has 1 aromatic carbocycles. The molecule has 102 valence electrons. The fraction of sp³-hybridized carbons (Fsp3) is 0.385. The molecule has 2 rings (SSSR count). The maximum Gasteiger partial charge on any atom is 0.207 e. The van der Waals surface area contributed by atoms with E-state index >= 15 is 0 Å². The van der Waals surface area contributed by atoms with Crippen LogP contribution in [0.4, 0.5) is 15.2 Å². The van der Waals surface area contributed by atoms with Gasteiger partial charge in [0.05, 0.1) is 7.11 Å². The van der Waals surface area contributed by atoms with Crippen molar-refractivity contribution < 1.29 is 9.13 Å². The molecule has 0 atom stereocenters. The fourth-order valence-corrected chi connectivity index (χ4v) is 2.23. The summed E-state index contributed by atoms with van der Waals surface area (Å²) in [7, 11) is 1.44. The van der Waals surface area contributed by atoms with Gasteiger partial charge in [-0.25, -0.2) is 9.37 Å². The molecule has 0 bridgehead atoms. The Balaban J connectivity index is 2.10.